The Kier molecular flexibility index (Phi) is 9.15. The van der Waals surface area contributed by atoms with Crippen LogP contribution in [0.2, 0.25) is 0 Å². The van der Waals surface area contributed by atoms with Crippen LogP contribution in [0.25, 0.3) is 0 Å². The van der Waals surface area contributed by atoms with Gasteiger partial charge in [0, 0.05) is 31.9 Å². The minimum absolute atomic E-state index is 0.779. The van der Waals surface area contributed by atoms with Gasteiger partial charge >= 0.3 is 0 Å². The van der Waals surface area contributed by atoms with Crippen molar-refractivity contribution in [3.8, 4) is 0 Å². The Morgan fingerprint density at radius 2 is 1.26 bits per heavy atom. The maximum atomic E-state index is 9.40. The number of para-hydroxylation sites is 1. The van der Waals surface area contributed by atoms with Gasteiger partial charge in [-0.25, -0.2) is 0 Å². The molecule has 1 heterocycles. The zero-order valence-corrected chi connectivity index (χ0v) is 20.1. The topological polar surface area (TPSA) is 39.1 Å². The summed E-state index contributed by atoms with van der Waals surface area (Å²) in [7, 11) is 0. The van der Waals surface area contributed by atoms with Crippen molar-refractivity contribution in [3.63, 3.8) is 0 Å². The number of unbranched alkanes of at least 4 members (excludes halogenated alkanes) is 1. The molecule has 0 bridgehead atoms. The summed E-state index contributed by atoms with van der Waals surface area (Å²) in [5.74, 6) is 0. The predicted octanol–water partition coefficient (Wildman–Crippen LogP) is 6.03. The lowest BCUT2D eigenvalue weighted by atomic mass is 9.97. The predicted molar refractivity (Wildman–Crippen MR) is 142 cm³/mol. The molecule has 34 heavy (non-hydrogen) atoms. The second kappa shape index (κ2) is 13.0. The first-order valence-electron chi connectivity index (χ1n) is 12.7. The van der Waals surface area contributed by atoms with Gasteiger partial charge in [-0.3, -0.25) is 4.90 Å². The second-order valence-electron chi connectivity index (χ2n) is 9.16. The molecule has 4 rings (SSSR count). The lowest BCUT2D eigenvalue weighted by Gasteiger charge is -2.36. The minimum atomic E-state index is 0.779. The third-order valence-corrected chi connectivity index (χ3v) is 6.87. The van der Waals surface area contributed by atoms with Gasteiger partial charge in [0.15, 0.2) is 0 Å². The monoisotopic (exact) mass is 455 g/mol. The number of benzene rings is 3. The molecule has 0 saturated carbocycles. The summed E-state index contributed by atoms with van der Waals surface area (Å²) < 4.78 is 0. The molecule has 0 aromatic heterocycles. The van der Waals surface area contributed by atoms with Crippen molar-refractivity contribution in [2.45, 2.75) is 38.5 Å². The van der Waals surface area contributed by atoms with Gasteiger partial charge in [-0.05, 0) is 73.9 Å². The molecule has 3 aromatic rings. The summed E-state index contributed by atoms with van der Waals surface area (Å²) >= 11 is 0. The highest BCUT2D eigenvalue weighted by atomic mass is 16.4. The van der Waals surface area contributed by atoms with Gasteiger partial charge < -0.3 is 10.1 Å². The zero-order chi connectivity index (χ0) is 23.4. The Hall–Kier alpha value is -3.11. The van der Waals surface area contributed by atoms with Gasteiger partial charge in [0.05, 0.1) is 5.71 Å². The number of oxime groups is 1. The number of anilines is 1. The molecule has 178 valence electrons. The van der Waals surface area contributed by atoms with Gasteiger partial charge in [0.1, 0.15) is 0 Å². The fraction of sp³-hybridized carbons (Fsp3) is 0.367. The smallest absolute Gasteiger partial charge is 0.0867 e. The van der Waals surface area contributed by atoms with E-state index >= 15 is 0 Å². The van der Waals surface area contributed by atoms with E-state index in [1.807, 2.05) is 30.3 Å². The average Bonchev–Trinajstić information content (AvgIpc) is 2.91. The summed E-state index contributed by atoms with van der Waals surface area (Å²) in [6, 6.07) is 29.6. The van der Waals surface area contributed by atoms with Gasteiger partial charge in [-0.2, -0.15) is 0 Å². The average molecular weight is 456 g/mol. The van der Waals surface area contributed by atoms with E-state index in [2.05, 4.69) is 69.6 Å². The second-order valence-corrected chi connectivity index (χ2v) is 9.16. The van der Waals surface area contributed by atoms with Crippen molar-refractivity contribution in [1.82, 2.24) is 4.90 Å². The minimum Gasteiger partial charge on any atom is -0.411 e. The number of piperazine rings is 1. The van der Waals surface area contributed by atoms with Crippen LogP contribution in [0.4, 0.5) is 5.69 Å². The van der Waals surface area contributed by atoms with Crippen LogP contribution < -0.4 is 4.90 Å². The van der Waals surface area contributed by atoms with Gasteiger partial charge in [-0.1, -0.05) is 78.0 Å². The Bertz CT molecular complexity index is 1010. The van der Waals surface area contributed by atoms with Gasteiger partial charge in [0.25, 0.3) is 0 Å². The first-order valence-corrected chi connectivity index (χ1v) is 12.7. The lowest BCUT2D eigenvalue weighted by molar-refractivity contribution is 0.255. The molecule has 0 unspecified atom stereocenters. The van der Waals surface area contributed by atoms with Crippen molar-refractivity contribution in [3.05, 3.63) is 102 Å². The quantitative estimate of drug-likeness (QED) is 0.166. The molecule has 0 atom stereocenters. The highest BCUT2D eigenvalue weighted by Gasteiger charge is 2.16. The van der Waals surface area contributed by atoms with Gasteiger partial charge in [-0.15, -0.1) is 0 Å². The Morgan fingerprint density at radius 3 is 1.91 bits per heavy atom. The molecule has 4 heteroatoms. The van der Waals surface area contributed by atoms with E-state index in [1.165, 1.54) is 29.8 Å². The van der Waals surface area contributed by atoms with Crippen molar-refractivity contribution < 1.29 is 5.21 Å². The van der Waals surface area contributed by atoms with E-state index < -0.39 is 0 Å². The number of rotatable bonds is 11. The Balaban J connectivity index is 1.18. The fourth-order valence-corrected chi connectivity index (χ4v) is 4.90. The first-order chi connectivity index (χ1) is 16.8. The van der Waals surface area contributed by atoms with Crippen molar-refractivity contribution in [1.29, 1.82) is 0 Å². The third kappa shape index (κ3) is 6.94. The molecule has 1 saturated heterocycles. The normalized spacial score (nSPS) is 14.9. The lowest BCUT2D eigenvalue weighted by Crippen LogP contribution is -2.46. The van der Waals surface area contributed by atoms with Crippen LogP contribution in [0.15, 0.2) is 90.1 Å². The van der Waals surface area contributed by atoms with E-state index in [0.29, 0.717) is 0 Å². The summed E-state index contributed by atoms with van der Waals surface area (Å²) in [5, 5.41) is 12.9. The summed E-state index contributed by atoms with van der Waals surface area (Å²) in [5.41, 5.74) is 6.09. The molecule has 4 nitrogen and oxygen atoms in total. The zero-order valence-electron chi connectivity index (χ0n) is 20.1. The maximum absolute atomic E-state index is 9.40. The van der Waals surface area contributed by atoms with E-state index in [-0.39, 0.29) is 0 Å². The van der Waals surface area contributed by atoms with Crippen LogP contribution in [0, 0.1) is 0 Å². The largest absolute Gasteiger partial charge is 0.411 e. The van der Waals surface area contributed by atoms with Crippen LogP contribution in [0.5, 0.6) is 0 Å². The maximum Gasteiger partial charge on any atom is 0.0867 e. The fourth-order valence-electron chi connectivity index (χ4n) is 4.90. The SMILES string of the molecule is ON=C(CCCCc1ccccc1CCCN1CCN(c2ccccc2)CC1)c1ccccc1. The summed E-state index contributed by atoms with van der Waals surface area (Å²) in [6.45, 7) is 5.69. The number of aryl methyl sites for hydroxylation is 2. The van der Waals surface area contributed by atoms with E-state index in [4.69, 9.17) is 0 Å². The highest BCUT2D eigenvalue weighted by molar-refractivity contribution is 6.00. The molecular formula is C30H37N3O. The van der Waals surface area contributed by atoms with Crippen LogP contribution in [0.1, 0.15) is 42.4 Å². The summed E-state index contributed by atoms with van der Waals surface area (Å²) in [4.78, 5) is 5.11. The molecule has 0 spiro atoms. The van der Waals surface area contributed by atoms with Crippen LogP contribution in [-0.4, -0.2) is 48.5 Å². The molecule has 1 aliphatic rings. The standard InChI is InChI=1S/C30H37N3O/c34-31-30(28-15-3-1-4-16-28)20-10-9-14-26-12-7-8-13-27(26)17-11-21-32-22-24-33(25-23-32)29-18-5-2-6-19-29/h1-8,12-13,15-16,18-19,34H,9-11,14,17,20-25H2. The Labute approximate surface area is 204 Å². The van der Waals surface area contributed by atoms with E-state index in [1.54, 1.807) is 0 Å². The molecule has 0 radical (unpaired) electrons. The molecule has 0 aliphatic carbocycles. The molecule has 1 fully saturated rings. The van der Waals surface area contributed by atoms with Crippen LogP contribution in [0.3, 0.4) is 0 Å². The molecule has 1 aliphatic heterocycles. The molecule has 1 N–H and O–H groups in total. The first kappa shape index (κ1) is 24.0. The number of hydrogen-bond donors (Lipinski definition) is 1. The number of hydrogen-bond acceptors (Lipinski definition) is 4. The van der Waals surface area contributed by atoms with E-state index in [9.17, 15) is 5.21 Å². The van der Waals surface area contributed by atoms with Crippen molar-refractivity contribution in [2.24, 2.45) is 5.16 Å². The van der Waals surface area contributed by atoms with E-state index in [0.717, 1.165) is 69.6 Å². The van der Waals surface area contributed by atoms with Gasteiger partial charge in [0.2, 0.25) is 0 Å². The molecule has 0 amide bonds. The van der Waals surface area contributed by atoms with Crippen molar-refractivity contribution >= 4 is 11.4 Å². The number of nitrogens with zero attached hydrogens (tertiary/aromatic N) is 3. The Morgan fingerprint density at radius 1 is 0.676 bits per heavy atom. The molecule has 3 aromatic carbocycles. The highest BCUT2D eigenvalue weighted by Crippen LogP contribution is 2.18. The van der Waals surface area contributed by atoms with Crippen LogP contribution >= 0.6 is 0 Å². The van der Waals surface area contributed by atoms with Crippen LogP contribution in [-0.2, 0) is 12.8 Å². The van der Waals surface area contributed by atoms with Crippen molar-refractivity contribution in [2.75, 3.05) is 37.6 Å². The summed E-state index contributed by atoms with van der Waals surface area (Å²) in [6.07, 6.45) is 6.36. The third-order valence-electron chi connectivity index (χ3n) is 6.87. The molecular weight excluding hydrogens is 418 g/mol.